The van der Waals surface area contributed by atoms with Crippen LogP contribution in [0.2, 0.25) is 5.02 Å². The Hall–Kier alpha value is -1.72. The van der Waals surface area contributed by atoms with E-state index in [-0.39, 0.29) is 16.7 Å². The largest absolute Gasteiger partial charge is 0.437 e. The molecular weight excluding hydrogens is 298 g/mol. The first-order chi connectivity index (χ1) is 10.1. The molecule has 0 spiro atoms. The van der Waals surface area contributed by atoms with Crippen LogP contribution < -0.4 is 10.1 Å². The Kier molecular flexibility index (Phi) is 5.47. The van der Waals surface area contributed by atoms with Crippen molar-refractivity contribution in [2.45, 2.75) is 19.9 Å². The Bertz CT molecular complexity index is 602. The lowest BCUT2D eigenvalue weighted by Crippen LogP contribution is -2.13. The van der Waals surface area contributed by atoms with Crippen LogP contribution in [0.5, 0.6) is 11.6 Å². The van der Waals surface area contributed by atoms with Gasteiger partial charge in [-0.2, -0.15) is 0 Å². The monoisotopic (exact) mass is 312 g/mol. The highest BCUT2D eigenvalue weighted by Gasteiger charge is 2.08. The van der Waals surface area contributed by atoms with Gasteiger partial charge in [0.15, 0.2) is 0 Å². The Morgan fingerprint density at radius 3 is 2.52 bits per heavy atom. The lowest BCUT2D eigenvalue weighted by molar-refractivity contribution is 0.451. The SMILES string of the molecule is CCCNCc1cnc(Oc2cc(F)cc(F)c2)c(Cl)c1. The Morgan fingerprint density at radius 1 is 1.19 bits per heavy atom. The molecule has 0 saturated carbocycles. The molecule has 21 heavy (non-hydrogen) atoms. The number of halogens is 3. The molecule has 2 rings (SSSR count). The van der Waals surface area contributed by atoms with Crippen molar-refractivity contribution in [3.8, 4) is 11.6 Å². The van der Waals surface area contributed by atoms with Gasteiger partial charge in [0.25, 0.3) is 0 Å². The Labute approximate surface area is 126 Å². The fraction of sp³-hybridized carbons (Fsp3) is 0.267. The molecule has 1 aromatic carbocycles. The predicted octanol–water partition coefficient (Wildman–Crippen LogP) is 4.31. The normalized spacial score (nSPS) is 10.7. The minimum absolute atomic E-state index is 0.0127. The molecule has 0 amide bonds. The zero-order valence-corrected chi connectivity index (χ0v) is 12.3. The van der Waals surface area contributed by atoms with E-state index in [1.807, 2.05) is 0 Å². The minimum Gasteiger partial charge on any atom is -0.437 e. The molecule has 112 valence electrons. The third-order valence-corrected chi connectivity index (χ3v) is 2.94. The molecule has 0 saturated heterocycles. The van der Waals surface area contributed by atoms with Gasteiger partial charge in [0.1, 0.15) is 22.4 Å². The van der Waals surface area contributed by atoms with E-state index < -0.39 is 11.6 Å². The maximum Gasteiger partial charge on any atom is 0.238 e. The maximum atomic E-state index is 13.1. The highest BCUT2D eigenvalue weighted by molar-refractivity contribution is 6.31. The van der Waals surface area contributed by atoms with Crippen molar-refractivity contribution in [3.05, 3.63) is 52.7 Å². The summed E-state index contributed by atoms with van der Waals surface area (Å²) in [4.78, 5) is 4.07. The molecular formula is C15H15ClF2N2O. The zero-order valence-electron chi connectivity index (χ0n) is 11.5. The second-order valence-corrected chi connectivity index (χ2v) is 4.92. The summed E-state index contributed by atoms with van der Waals surface area (Å²) in [6, 6.07) is 4.61. The standard InChI is InChI=1S/C15H15ClF2N2O/c1-2-3-19-8-10-4-14(16)15(20-9-10)21-13-6-11(17)5-12(18)7-13/h4-7,9,19H,2-3,8H2,1H3. The smallest absolute Gasteiger partial charge is 0.238 e. The second kappa shape index (κ2) is 7.33. The molecule has 0 atom stereocenters. The number of ether oxygens (including phenoxy) is 1. The molecule has 0 aliphatic heterocycles. The van der Waals surface area contributed by atoms with Gasteiger partial charge in [0.05, 0.1) is 0 Å². The predicted molar refractivity (Wildman–Crippen MR) is 77.7 cm³/mol. The molecule has 6 heteroatoms. The first-order valence-electron chi connectivity index (χ1n) is 6.57. The van der Waals surface area contributed by atoms with Crippen LogP contribution >= 0.6 is 11.6 Å². The van der Waals surface area contributed by atoms with E-state index in [9.17, 15) is 8.78 Å². The molecule has 2 aromatic rings. The van der Waals surface area contributed by atoms with Crippen molar-refractivity contribution >= 4 is 11.6 Å². The first-order valence-corrected chi connectivity index (χ1v) is 6.95. The molecule has 3 nitrogen and oxygen atoms in total. The third kappa shape index (κ3) is 4.65. The van der Waals surface area contributed by atoms with Crippen LogP contribution in [0.3, 0.4) is 0 Å². The van der Waals surface area contributed by atoms with Crippen molar-refractivity contribution in [3.63, 3.8) is 0 Å². The van der Waals surface area contributed by atoms with Gasteiger partial charge in [0.2, 0.25) is 5.88 Å². The summed E-state index contributed by atoms with van der Waals surface area (Å²) in [6.45, 7) is 3.63. The molecule has 1 N–H and O–H groups in total. The number of rotatable bonds is 6. The van der Waals surface area contributed by atoms with E-state index in [1.54, 1.807) is 12.3 Å². The van der Waals surface area contributed by atoms with Crippen molar-refractivity contribution in [1.82, 2.24) is 10.3 Å². The Morgan fingerprint density at radius 2 is 1.90 bits per heavy atom. The molecule has 1 aromatic heterocycles. The number of nitrogens with one attached hydrogen (secondary N) is 1. The summed E-state index contributed by atoms with van der Waals surface area (Å²) in [7, 11) is 0. The van der Waals surface area contributed by atoms with Gasteiger partial charge in [-0.15, -0.1) is 0 Å². The first kappa shape index (κ1) is 15.7. The molecule has 0 fully saturated rings. The lowest BCUT2D eigenvalue weighted by Gasteiger charge is -2.09. The van der Waals surface area contributed by atoms with Gasteiger partial charge in [-0.25, -0.2) is 13.8 Å². The number of nitrogens with zero attached hydrogens (tertiary/aromatic N) is 1. The number of benzene rings is 1. The summed E-state index contributed by atoms with van der Waals surface area (Å²) in [5.74, 6) is -1.32. The highest BCUT2D eigenvalue weighted by atomic mass is 35.5. The van der Waals surface area contributed by atoms with E-state index in [1.165, 1.54) is 0 Å². The summed E-state index contributed by atoms with van der Waals surface area (Å²) >= 11 is 6.07. The molecule has 0 radical (unpaired) electrons. The van der Waals surface area contributed by atoms with E-state index in [4.69, 9.17) is 16.3 Å². The number of hydrogen-bond donors (Lipinski definition) is 1. The number of hydrogen-bond acceptors (Lipinski definition) is 3. The minimum atomic E-state index is -0.721. The summed E-state index contributed by atoms with van der Waals surface area (Å²) in [5, 5.41) is 3.51. The Balaban J connectivity index is 2.10. The average molecular weight is 313 g/mol. The van der Waals surface area contributed by atoms with Crippen LogP contribution in [0.15, 0.2) is 30.5 Å². The summed E-state index contributed by atoms with van der Waals surface area (Å²) in [6.07, 6.45) is 2.65. The van der Waals surface area contributed by atoms with E-state index in [0.717, 1.165) is 36.7 Å². The summed E-state index contributed by atoms with van der Waals surface area (Å²) in [5.41, 5.74) is 0.909. The van der Waals surface area contributed by atoms with E-state index in [0.29, 0.717) is 6.54 Å². The summed E-state index contributed by atoms with van der Waals surface area (Å²) < 4.78 is 31.5. The maximum absolute atomic E-state index is 13.1. The quantitative estimate of drug-likeness (QED) is 0.807. The number of aromatic nitrogens is 1. The zero-order chi connectivity index (χ0) is 15.2. The van der Waals surface area contributed by atoms with Gasteiger partial charge in [-0.1, -0.05) is 18.5 Å². The average Bonchev–Trinajstić information content (AvgIpc) is 2.41. The van der Waals surface area contributed by atoms with Crippen LogP contribution in [-0.4, -0.2) is 11.5 Å². The number of pyridine rings is 1. The van der Waals surface area contributed by atoms with Crippen molar-refractivity contribution in [1.29, 1.82) is 0 Å². The van der Waals surface area contributed by atoms with Gasteiger partial charge in [-0.3, -0.25) is 0 Å². The van der Waals surface area contributed by atoms with Crippen LogP contribution in [0.25, 0.3) is 0 Å². The van der Waals surface area contributed by atoms with Crippen LogP contribution in [0, 0.1) is 11.6 Å². The van der Waals surface area contributed by atoms with E-state index in [2.05, 4.69) is 17.2 Å². The van der Waals surface area contributed by atoms with Gasteiger partial charge < -0.3 is 10.1 Å². The lowest BCUT2D eigenvalue weighted by atomic mass is 10.3. The van der Waals surface area contributed by atoms with Crippen molar-refractivity contribution in [2.24, 2.45) is 0 Å². The third-order valence-electron chi connectivity index (χ3n) is 2.67. The van der Waals surface area contributed by atoms with Crippen molar-refractivity contribution in [2.75, 3.05) is 6.54 Å². The van der Waals surface area contributed by atoms with Crippen LogP contribution in [0.1, 0.15) is 18.9 Å². The molecule has 0 bridgehead atoms. The van der Waals surface area contributed by atoms with Crippen LogP contribution in [-0.2, 0) is 6.54 Å². The topological polar surface area (TPSA) is 34.2 Å². The second-order valence-electron chi connectivity index (χ2n) is 4.51. The fourth-order valence-electron chi connectivity index (χ4n) is 1.75. The van der Waals surface area contributed by atoms with Crippen LogP contribution in [0.4, 0.5) is 8.78 Å². The molecule has 0 unspecified atom stereocenters. The molecule has 0 aliphatic rings. The van der Waals surface area contributed by atoms with Crippen molar-refractivity contribution < 1.29 is 13.5 Å². The van der Waals surface area contributed by atoms with Gasteiger partial charge >= 0.3 is 0 Å². The fourth-order valence-corrected chi connectivity index (χ4v) is 1.97. The van der Waals surface area contributed by atoms with Gasteiger partial charge in [0, 0.05) is 30.9 Å². The molecule has 0 aliphatic carbocycles. The highest BCUT2D eigenvalue weighted by Crippen LogP contribution is 2.28. The van der Waals surface area contributed by atoms with Gasteiger partial charge in [-0.05, 0) is 24.6 Å². The molecule has 1 heterocycles. The van der Waals surface area contributed by atoms with E-state index >= 15 is 0 Å².